The van der Waals surface area contributed by atoms with Gasteiger partial charge in [0.15, 0.2) is 0 Å². The normalized spacial score (nSPS) is 20.8. The van der Waals surface area contributed by atoms with Gasteiger partial charge in [-0.05, 0) is 107 Å². The molecule has 0 bridgehead atoms. The quantitative estimate of drug-likeness (QED) is 0.305. The number of benzene rings is 3. The average molecular weight is 513 g/mol. The molecule has 200 valence electrons. The summed E-state index contributed by atoms with van der Waals surface area (Å²) in [6.45, 7) is 10.6. The van der Waals surface area contributed by atoms with E-state index in [0.717, 1.165) is 37.7 Å². The molecule has 0 spiro atoms. The Balaban J connectivity index is 1.45. The van der Waals surface area contributed by atoms with E-state index >= 15 is 4.39 Å². The molecule has 0 aromatic heterocycles. The molecule has 0 radical (unpaired) electrons. The fourth-order valence-corrected chi connectivity index (χ4v) is 6.92. The van der Waals surface area contributed by atoms with Crippen molar-refractivity contribution in [3.63, 3.8) is 0 Å². The largest absolute Gasteiger partial charge is 0.513 e. The number of allylic oxidation sites excluding steroid dienone is 1. The zero-order valence-electron chi connectivity index (χ0n) is 23.3. The number of aryl methyl sites for hydroxylation is 3. The summed E-state index contributed by atoms with van der Waals surface area (Å²) >= 11 is 0. The summed E-state index contributed by atoms with van der Waals surface area (Å²) in [5.41, 5.74) is 8.47. The van der Waals surface area contributed by atoms with E-state index in [1.165, 1.54) is 46.7 Å². The molecule has 1 saturated carbocycles. The van der Waals surface area contributed by atoms with Gasteiger partial charge < -0.3 is 9.84 Å². The summed E-state index contributed by atoms with van der Waals surface area (Å²) in [6.07, 6.45) is 7.56. The van der Waals surface area contributed by atoms with E-state index in [4.69, 9.17) is 4.74 Å². The van der Waals surface area contributed by atoms with Gasteiger partial charge in [-0.15, -0.1) is 0 Å². The lowest BCUT2D eigenvalue weighted by atomic mass is 9.75. The van der Waals surface area contributed by atoms with Crippen molar-refractivity contribution < 1.29 is 14.2 Å². The zero-order valence-corrected chi connectivity index (χ0v) is 23.3. The summed E-state index contributed by atoms with van der Waals surface area (Å²) in [5.74, 6) is 1.57. The van der Waals surface area contributed by atoms with Crippen LogP contribution in [0.5, 0.6) is 5.75 Å². The number of fused-ring (bicyclic) bond motifs is 1. The lowest BCUT2D eigenvalue weighted by Crippen LogP contribution is -2.16. The molecule has 3 aromatic rings. The first kappa shape index (κ1) is 26.5. The predicted molar refractivity (Wildman–Crippen MR) is 155 cm³/mol. The van der Waals surface area contributed by atoms with Gasteiger partial charge in [0.05, 0.1) is 12.9 Å². The molecule has 1 fully saturated rings. The van der Waals surface area contributed by atoms with E-state index in [1.807, 2.05) is 6.07 Å². The summed E-state index contributed by atoms with van der Waals surface area (Å²) < 4.78 is 20.5. The van der Waals surface area contributed by atoms with Crippen molar-refractivity contribution in [2.24, 2.45) is 11.3 Å². The van der Waals surface area contributed by atoms with Gasteiger partial charge in [0.2, 0.25) is 0 Å². The van der Waals surface area contributed by atoms with Crippen LogP contribution in [-0.4, -0.2) is 12.2 Å². The number of ether oxygens (including phenoxy) is 1. The molecule has 2 aliphatic rings. The van der Waals surface area contributed by atoms with Crippen molar-refractivity contribution in [1.82, 2.24) is 0 Å². The molecule has 0 heterocycles. The highest BCUT2D eigenvalue weighted by Gasteiger charge is 2.37. The Kier molecular flexibility index (Phi) is 7.40. The van der Waals surface area contributed by atoms with Crippen molar-refractivity contribution in [2.75, 3.05) is 7.11 Å². The van der Waals surface area contributed by atoms with Gasteiger partial charge in [-0.25, -0.2) is 4.39 Å². The van der Waals surface area contributed by atoms with Crippen molar-refractivity contribution in [3.8, 4) is 16.9 Å². The fourth-order valence-electron chi connectivity index (χ4n) is 6.92. The molecule has 0 aliphatic heterocycles. The molecule has 0 amide bonds. The third kappa shape index (κ3) is 5.13. The van der Waals surface area contributed by atoms with Gasteiger partial charge in [-0.2, -0.15) is 0 Å². The minimum absolute atomic E-state index is 0.0772. The fraction of sp³-hybridized carbons (Fsp3) is 0.429. The highest BCUT2D eigenvalue weighted by Crippen LogP contribution is 2.51. The van der Waals surface area contributed by atoms with Crippen LogP contribution in [0.3, 0.4) is 0 Å². The predicted octanol–water partition coefficient (Wildman–Crippen LogP) is 9.32. The third-order valence-electron chi connectivity index (χ3n) is 9.38. The number of aliphatic hydroxyl groups is 1. The second kappa shape index (κ2) is 10.6. The number of halogens is 1. The second-order valence-electron chi connectivity index (χ2n) is 12.2. The molecule has 5 rings (SSSR count). The van der Waals surface area contributed by atoms with E-state index in [-0.39, 0.29) is 22.9 Å². The molecule has 2 nitrogen and oxygen atoms in total. The first-order valence-corrected chi connectivity index (χ1v) is 14.1. The Hall–Kier alpha value is -3.07. The van der Waals surface area contributed by atoms with Crippen LogP contribution in [0.1, 0.15) is 86.1 Å². The Labute approximate surface area is 227 Å². The molecule has 3 aromatic carbocycles. The Morgan fingerprint density at radius 1 is 1.00 bits per heavy atom. The number of hydrogen-bond acceptors (Lipinski definition) is 2. The van der Waals surface area contributed by atoms with Crippen LogP contribution >= 0.6 is 0 Å². The average Bonchev–Trinajstić information content (AvgIpc) is 3.49. The van der Waals surface area contributed by atoms with E-state index in [0.29, 0.717) is 23.1 Å². The molecular weight excluding hydrogens is 471 g/mol. The van der Waals surface area contributed by atoms with Crippen molar-refractivity contribution in [2.45, 2.75) is 77.6 Å². The van der Waals surface area contributed by atoms with Crippen molar-refractivity contribution in [1.29, 1.82) is 0 Å². The first-order valence-electron chi connectivity index (χ1n) is 14.1. The third-order valence-corrected chi connectivity index (χ3v) is 9.38. The summed E-state index contributed by atoms with van der Waals surface area (Å²) in [5, 5.41) is 10.0. The number of hydrogen-bond donors (Lipinski definition) is 1. The van der Waals surface area contributed by atoms with Gasteiger partial charge in [-0.1, -0.05) is 70.2 Å². The Morgan fingerprint density at radius 3 is 2.37 bits per heavy atom. The Morgan fingerprint density at radius 2 is 1.71 bits per heavy atom. The van der Waals surface area contributed by atoms with Crippen LogP contribution in [0.2, 0.25) is 0 Å². The molecule has 3 atom stereocenters. The molecule has 0 saturated heterocycles. The molecule has 2 aliphatic carbocycles. The molecule has 3 heteroatoms. The highest BCUT2D eigenvalue weighted by atomic mass is 19.1. The van der Waals surface area contributed by atoms with E-state index in [1.54, 1.807) is 13.2 Å². The number of methoxy groups -OCH3 is 1. The summed E-state index contributed by atoms with van der Waals surface area (Å²) in [6, 6.07) is 18.6. The maximum atomic E-state index is 15.1. The minimum Gasteiger partial charge on any atom is -0.513 e. The van der Waals surface area contributed by atoms with Crippen LogP contribution in [0.4, 0.5) is 4.39 Å². The summed E-state index contributed by atoms with van der Waals surface area (Å²) in [7, 11) is 1.63. The van der Waals surface area contributed by atoms with Gasteiger partial charge in [0.1, 0.15) is 11.6 Å². The zero-order chi connectivity index (χ0) is 27.0. The SMILES string of the molecule is C=C(O)[C@H](C)[C@H]1CCc2ccc(CCc3ccc(-c4cc(OC)ccc4F)c([C@H]4CCCC4(C)C)c3)cc21. The molecule has 38 heavy (non-hydrogen) atoms. The highest BCUT2D eigenvalue weighted by molar-refractivity contribution is 5.71. The summed E-state index contributed by atoms with van der Waals surface area (Å²) in [4.78, 5) is 0. The smallest absolute Gasteiger partial charge is 0.131 e. The van der Waals surface area contributed by atoms with Crippen LogP contribution in [0.15, 0.2) is 66.9 Å². The minimum atomic E-state index is -0.205. The van der Waals surface area contributed by atoms with E-state index in [9.17, 15) is 5.11 Å². The second-order valence-corrected chi connectivity index (χ2v) is 12.2. The van der Waals surface area contributed by atoms with E-state index < -0.39 is 0 Å². The van der Waals surface area contributed by atoms with Gasteiger partial charge in [0.25, 0.3) is 0 Å². The van der Waals surface area contributed by atoms with Crippen LogP contribution in [0.25, 0.3) is 11.1 Å². The molecule has 1 N–H and O–H groups in total. The van der Waals surface area contributed by atoms with Crippen molar-refractivity contribution in [3.05, 3.63) is 101 Å². The Bertz CT molecular complexity index is 1340. The maximum absolute atomic E-state index is 15.1. The van der Waals surface area contributed by atoms with Gasteiger partial charge in [-0.3, -0.25) is 0 Å². The topological polar surface area (TPSA) is 29.5 Å². The van der Waals surface area contributed by atoms with Crippen LogP contribution in [-0.2, 0) is 19.3 Å². The van der Waals surface area contributed by atoms with E-state index in [2.05, 4.69) is 63.7 Å². The molecular formula is C35H41FO2. The lowest BCUT2D eigenvalue weighted by Gasteiger charge is -2.30. The van der Waals surface area contributed by atoms with Gasteiger partial charge in [0, 0.05) is 11.5 Å². The lowest BCUT2D eigenvalue weighted by molar-refractivity contribution is 0.314. The van der Waals surface area contributed by atoms with Crippen LogP contribution in [0, 0.1) is 17.2 Å². The standard InChI is InChI=1S/C35H41FO2/c1-22(23(2)37)28-16-13-26-12-10-24(19-30(26)28)8-9-25-11-15-29(32-21-27(38-5)14-17-34(32)36)31(20-25)33-7-6-18-35(33,3)4/h10-12,14-15,17,19-22,28,33,37H,2,6-9,13,16,18H2,1,3-5H3/t22-,28+,33+/m0/s1. The first-order chi connectivity index (χ1) is 18.2. The number of aliphatic hydroxyl groups excluding tert-OH is 1. The van der Waals surface area contributed by atoms with Crippen LogP contribution < -0.4 is 4.74 Å². The molecule has 0 unspecified atom stereocenters. The maximum Gasteiger partial charge on any atom is 0.131 e. The monoisotopic (exact) mass is 512 g/mol. The number of rotatable bonds is 8. The van der Waals surface area contributed by atoms with Crippen molar-refractivity contribution >= 4 is 0 Å². The van der Waals surface area contributed by atoms with Gasteiger partial charge >= 0.3 is 0 Å².